The van der Waals surface area contributed by atoms with Crippen LogP contribution < -0.4 is 11.1 Å². The molecule has 2 rings (SSSR count). The molecule has 5 nitrogen and oxygen atoms in total. The van der Waals surface area contributed by atoms with Gasteiger partial charge in [-0.05, 0) is 34.3 Å². The van der Waals surface area contributed by atoms with Crippen molar-refractivity contribution >= 4 is 37.3 Å². The van der Waals surface area contributed by atoms with E-state index in [1.807, 2.05) is 0 Å². The fourth-order valence-corrected chi connectivity index (χ4v) is 4.23. The molecule has 0 amide bonds. The van der Waals surface area contributed by atoms with Crippen LogP contribution in [0.25, 0.3) is 0 Å². The molecule has 0 bridgehead atoms. The quantitative estimate of drug-likeness (QED) is 0.876. The number of rotatable bonds is 3. The first-order valence-corrected chi connectivity index (χ1v) is 7.93. The van der Waals surface area contributed by atoms with E-state index < -0.39 is 9.84 Å². The van der Waals surface area contributed by atoms with Crippen molar-refractivity contribution in [1.82, 2.24) is 4.98 Å². The summed E-state index contributed by atoms with van der Waals surface area (Å²) in [6.07, 6.45) is 2.29. The molecule has 0 aliphatic carbocycles. The Hall–Kier alpha value is -0.820. The average molecular weight is 320 g/mol. The molecule has 0 aromatic carbocycles. The summed E-state index contributed by atoms with van der Waals surface area (Å²) in [7, 11) is -2.81. The Bertz CT molecular complexity index is 518. The van der Waals surface area contributed by atoms with Gasteiger partial charge in [-0.1, -0.05) is 0 Å². The van der Waals surface area contributed by atoms with E-state index in [0.717, 1.165) is 10.9 Å². The summed E-state index contributed by atoms with van der Waals surface area (Å²) in [4.78, 5) is 4.14. The van der Waals surface area contributed by atoms with Gasteiger partial charge in [0.2, 0.25) is 0 Å². The highest BCUT2D eigenvalue weighted by Crippen LogP contribution is 2.24. The highest BCUT2D eigenvalue weighted by atomic mass is 79.9. The van der Waals surface area contributed by atoms with E-state index in [1.54, 1.807) is 12.3 Å². The fraction of sp³-hybridized carbons (Fsp3) is 0.500. The molecule has 2 heterocycles. The SMILES string of the molecule is Nc1cnc(NCC2CCS(=O)(=O)C2)c(Br)c1. The minimum absolute atomic E-state index is 0.172. The van der Waals surface area contributed by atoms with Crippen molar-refractivity contribution in [3.05, 3.63) is 16.7 Å². The van der Waals surface area contributed by atoms with Crippen molar-refractivity contribution in [2.75, 3.05) is 29.1 Å². The maximum absolute atomic E-state index is 11.3. The summed E-state index contributed by atoms with van der Waals surface area (Å²) < 4.78 is 23.4. The Morgan fingerprint density at radius 1 is 1.59 bits per heavy atom. The van der Waals surface area contributed by atoms with Crippen molar-refractivity contribution in [3.63, 3.8) is 0 Å². The second-order valence-corrected chi connectivity index (χ2v) is 7.33. The fourth-order valence-electron chi connectivity index (χ4n) is 1.86. The zero-order valence-corrected chi connectivity index (χ0v) is 11.6. The molecule has 1 fully saturated rings. The number of halogens is 1. The smallest absolute Gasteiger partial charge is 0.150 e. The van der Waals surface area contributed by atoms with Crippen molar-refractivity contribution in [2.24, 2.45) is 5.92 Å². The van der Waals surface area contributed by atoms with Crippen molar-refractivity contribution < 1.29 is 8.42 Å². The van der Waals surface area contributed by atoms with Gasteiger partial charge in [0.15, 0.2) is 9.84 Å². The van der Waals surface area contributed by atoms with Gasteiger partial charge in [0.25, 0.3) is 0 Å². The van der Waals surface area contributed by atoms with Gasteiger partial charge in [-0.3, -0.25) is 0 Å². The lowest BCUT2D eigenvalue weighted by atomic mass is 10.1. The molecule has 1 saturated heterocycles. The lowest BCUT2D eigenvalue weighted by molar-refractivity contribution is 0.595. The summed E-state index contributed by atoms with van der Waals surface area (Å²) in [5.41, 5.74) is 6.17. The lowest BCUT2D eigenvalue weighted by Gasteiger charge is -2.11. The molecule has 0 radical (unpaired) electrons. The van der Waals surface area contributed by atoms with Crippen LogP contribution in [0.4, 0.5) is 11.5 Å². The van der Waals surface area contributed by atoms with Crippen LogP contribution in [-0.2, 0) is 9.84 Å². The number of nitrogen functional groups attached to an aromatic ring is 1. The van der Waals surface area contributed by atoms with Crippen LogP contribution in [0.5, 0.6) is 0 Å². The van der Waals surface area contributed by atoms with E-state index in [9.17, 15) is 8.42 Å². The molecule has 3 N–H and O–H groups in total. The van der Waals surface area contributed by atoms with Gasteiger partial charge in [0, 0.05) is 6.54 Å². The predicted molar refractivity (Wildman–Crippen MR) is 71.6 cm³/mol. The lowest BCUT2D eigenvalue weighted by Crippen LogP contribution is -2.16. The summed E-state index contributed by atoms with van der Waals surface area (Å²) in [5.74, 6) is 1.44. The molecule has 1 aliphatic rings. The van der Waals surface area contributed by atoms with Crippen LogP contribution in [0.3, 0.4) is 0 Å². The Morgan fingerprint density at radius 3 is 2.94 bits per heavy atom. The third kappa shape index (κ3) is 3.32. The zero-order chi connectivity index (χ0) is 12.5. The molecule has 94 valence electrons. The Kier molecular flexibility index (Phi) is 3.58. The van der Waals surface area contributed by atoms with Crippen LogP contribution >= 0.6 is 15.9 Å². The third-order valence-electron chi connectivity index (χ3n) is 2.75. The summed E-state index contributed by atoms with van der Waals surface area (Å²) in [6.45, 7) is 0.620. The number of nitrogens with zero attached hydrogens (tertiary/aromatic N) is 1. The van der Waals surface area contributed by atoms with Crippen LogP contribution in [0, 0.1) is 5.92 Å². The minimum atomic E-state index is -2.81. The predicted octanol–water partition coefficient (Wildman–Crippen LogP) is 1.27. The number of hydrogen-bond donors (Lipinski definition) is 2. The summed E-state index contributed by atoms with van der Waals surface area (Å²) in [5, 5.41) is 3.14. The van der Waals surface area contributed by atoms with E-state index in [0.29, 0.717) is 23.8 Å². The number of nitrogens with one attached hydrogen (secondary N) is 1. The van der Waals surface area contributed by atoms with Gasteiger partial charge < -0.3 is 11.1 Å². The topological polar surface area (TPSA) is 85.1 Å². The first-order valence-electron chi connectivity index (χ1n) is 5.31. The molecular formula is C10H14BrN3O2S. The molecule has 1 aromatic heterocycles. The van der Waals surface area contributed by atoms with Gasteiger partial charge >= 0.3 is 0 Å². The maximum atomic E-state index is 11.3. The molecule has 0 saturated carbocycles. The van der Waals surface area contributed by atoms with E-state index in [2.05, 4.69) is 26.2 Å². The highest BCUT2D eigenvalue weighted by Gasteiger charge is 2.27. The number of aromatic nitrogens is 1. The molecule has 17 heavy (non-hydrogen) atoms. The third-order valence-corrected chi connectivity index (χ3v) is 5.19. The van der Waals surface area contributed by atoms with Crippen LogP contribution in [-0.4, -0.2) is 31.5 Å². The maximum Gasteiger partial charge on any atom is 0.150 e. The molecule has 1 aliphatic heterocycles. The van der Waals surface area contributed by atoms with Gasteiger partial charge in [-0.25, -0.2) is 13.4 Å². The van der Waals surface area contributed by atoms with E-state index in [-0.39, 0.29) is 11.7 Å². The van der Waals surface area contributed by atoms with E-state index in [1.165, 1.54) is 0 Å². The minimum Gasteiger partial charge on any atom is -0.397 e. The number of pyridine rings is 1. The van der Waals surface area contributed by atoms with Gasteiger partial charge in [-0.2, -0.15) is 0 Å². The second-order valence-electron chi connectivity index (χ2n) is 4.25. The first kappa shape index (κ1) is 12.6. The van der Waals surface area contributed by atoms with Crippen molar-refractivity contribution in [2.45, 2.75) is 6.42 Å². The van der Waals surface area contributed by atoms with Gasteiger partial charge in [0.1, 0.15) is 5.82 Å². The normalized spacial score (nSPS) is 22.5. The highest BCUT2D eigenvalue weighted by molar-refractivity contribution is 9.10. The monoisotopic (exact) mass is 319 g/mol. The standard InChI is InChI=1S/C10H14BrN3O2S/c11-9-3-8(12)5-14-10(9)13-4-7-1-2-17(15,16)6-7/h3,5,7H,1-2,4,6,12H2,(H,13,14). The number of nitrogens with two attached hydrogens (primary N) is 1. The number of anilines is 2. The summed E-state index contributed by atoms with van der Waals surface area (Å²) in [6, 6.07) is 1.76. The first-order chi connectivity index (χ1) is 7.96. The molecule has 1 atom stereocenters. The number of hydrogen-bond acceptors (Lipinski definition) is 5. The zero-order valence-electron chi connectivity index (χ0n) is 9.19. The molecule has 1 aromatic rings. The van der Waals surface area contributed by atoms with Crippen LogP contribution in [0.2, 0.25) is 0 Å². The second kappa shape index (κ2) is 4.81. The summed E-state index contributed by atoms with van der Waals surface area (Å²) >= 11 is 3.36. The van der Waals surface area contributed by atoms with Crippen molar-refractivity contribution in [3.8, 4) is 0 Å². The molecule has 0 spiro atoms. The Labute approximate surface area is 109 Å². The van der Waals surface area contributed by atoms with Crippen molar-refractivity contribution in [1.29, 1.82) is 0 Å². The molecule has 7 heteroatoms. The Morgan fingerprint density at radius 2 is 2.35 bits per heavy atom. The van der Waals surface area contributed by atoms with Crippen LogP contribution in [0.15, 0.2) is 16.7 Å². The Balaban J connectivity index is 1.95. The average Bonchev–Trinajstić information content (AvgIpc) is 2.57. The van der Waals surface area contributed by atoms with E-state index in [4.69, 9.17) is 5.73 Å². The van der Waals surface area contributed by atoms with Gasteiger partial charge in [0.05, 0.1) is 27.9 Å². The molecular weight excluding hydrogens is 306 g/mol. The largest absolute Gasteiger partial charge is 0.397 e. The van der Waals surface area contributed by atoms with Gasteiger partial charge in [-0.15, -0.1) is 0 Å². The van der Waals surface area contributed by atoms with Crippen LogP contribution in [0.1, 0.15) is 6.42 Å². The number of sulfone groups is 1. The van der Waals surface area contributed by atoms with E-state index >= 15 is 0 Å². The molecule has 1 unspecified atom stereocenters.